The number of hydrogen-bond acceptors (Lipinski definition) is 6. The van der Waals surface area contributed by atoms with Gasteiger partial charge in [-0.1, -0.05) is 20.8 Å². The molecule has 0 aliphatic rings. The van der Waals surface area contributed by atoms with Crippen LogP contribution in [-0.4, -0.2) is 32.5 Å². The first kappa shape index (κ1) is 17.7. The van der Waals surface area contributed by atoms with Crippen LogP contribution in [0.25, 0.3) is 11.5 Å². The number of rotatable bonds is 5. The number of aryl methyl sites for hydroxylation is 1. The Labute approximate surface area is 151 Å². The van der Waals surface area contributed by atoms with E-state index >= 15 is 0 Å². The topological polar surface area (TPSA) is 95.1 Å². The second kappa shape index (κ2) is 6.99. The maximum Gasteiger partial charge on any atom is 0.263 e. The number of ether oxygens (including phenoxy) is 1. The van der Waals surface area contributed by atoms with Crippen molar-refractivity contribution in [2.45, 2.75) is 26.2 Å². The average molecular weight is 355 g/mol. The van der Waals surface area contributed by atoms with Crippen LogP contribution in [0.15, 0.2) is 41.1 Å². The highest BCUT2D eigenvalue weighted by Crippen LogP contribution is 2.23. The van der Waals surface area contributed by atoms with E-state index in [-0.39, 0.29) is 17.9 Å². The van der Waals surface area contributed by atoms with E-state index < -0.39 is 0 Å². The van der Waals surface area contributed by atoms with Crippen molar-refractivity contribution in [3.8, 4) is 17.2 Å². The predicted molar refractivity (Wildman–Crippen MR) is 95.8 cm³/mol. The van der Waals surface area contributed by atoms with Gasteiger partial charge in [0.15, 0.2) is 6.61 Å². The summed E-state index contributed by atoms with van der Waals surface area (Å²) in [5.74, 6) is 1.38. The van der Waals surface area contributed by atoms with Gasteiger partial charge in [-0.2, -0.15) is 5.10 Å². The molecule has 8 nitrogen and oxygen atoms in total. The predicted octanol–water partition coefficient (Wildman–Crippen LogP) is 2.79. The van der Waals surface area contributed by atoms with E-state index in [1.54, 1.807) is 36.0 Å². The van der Waals surface area contributed by atoms with Gasteiger partial charge in [0.25, 0.3) is 5.91 Å². The number of nitrogens with one attached hydrogen (secondary N) is 1. The average Bonchev–Trinajstić information content (AvgIpc) is 3.24. The molecule has 0 unspecified atom stereocenters. The number of benzene rings is 1. The Morgan fingerprint density at radius 3 is 2.58 bits per heavy atom. The largest absolute Gasteiger partial charge is 0.484 e. The van der Waals surface area contributed by atoms with Crippen LogP contribution in [0.3, 0.4) is 0 Å². The summed E-state index contributed by atoms with van der Waals surface area (Å²) in [6.45, 7) is 6.11. The summed E-state index contributed by atoms with van der Waals surface area (Å²) in [6, 6.07) is 8.94. The third-order valence-corrected chi connectivity index (χ3v) is 3.75. The van der Waals surface area contributed by atoms with Crippen LogP contribution in [0.2, 0.25) is 0 Å². The van der Waals surface area contributed by atoms with Crippen LogP contribution in [0.4, 0.5) is 5.82 Å². The second-order valence-electron chi connectivity index (χ2n) is 6.89. The standard InChI is InChI=1S/C18H21N5O3/c1-18(2,3)14-9-15(23(4)22-14)20-16(24)10-25-13-7-5-12(6-8-13)17-21-19-11-26-17/h5-9,11H,10H2,1-4H3,(H,20,24). The Hall–Kier alpha value is -3.16. The van der Waals surface area contributed by atoms with Crippen LogP contribution < -0.4 is 10.1 Å². The molecule has 0 aliphatic carbocycles. The van der Waals surface area contributed by atoms with Crippen molar-refractivity contribution in [3.05, 3.63) is 42.4 Å². The zero-order valence-corrected chi connectivity index (χ0v) is 15.2. The number of anilines is 1. The van der Waals surface area contributed by atoms with Crippen molar-refractivity contribution in [2.24, 2.45) is 7.05 Å². The number of carbonyl (C=O) groups is 1. The fourth-order valence-electron chi connectivity index (χ4n) is 2.27. The lowest BCUT2D eigenvalue weighted by Gasteiger charge is -2.13. The van der Waals surface area contributed by atoms with E-state index in [1.807, 2.05) is 6.07 Å². The molecule has 0 fully saturated rings. The molecule has 0 bridgehead atoms. The summed E-state index contributed by atoms with van der Waals surface area (Å²) in [4.78, 5) is 12.1. The highest BCUT2D eigenvalue weighted by Gasteiger charge is 2.19. The molecule has 0 atom stereocenters. The first-order valence-corrected chi connectivity index (χ1v) is 8.17. The summed E-state index contributed by atoms with van der Waals surface area (Å²) >= 11 is 0. The minimum Gasteiger partial charge on any atom is -0.484 e. The molecule has 0 aliphatic heterocycles. The van der Waals surface area contributed by atoms with Crippen molar-refractivity contribution in [1.29, 1.82) is 0 Å². The van der Waals surface area contributed by atoms with Crippen LogP contribution in [-0.2, 0) is 17.3 Å². The molecule has 0 saturated heterocycles. The third kappa shape index (κ3) is 4.08. The van der Waals surface area contributed by atoms with Crippen molar-refractivity contribution in [2.75, 3.05) is 11.9 Å². The number of amides is 1. The normalized spacial score (nSPS) is 11.4. The van der Waals surface area contributed by atoms with Gasteiger partial charge >= 0.3 is 0 Å². The summed E-state index contributed by atoms with van der Waals surface area (Å²) in [6.07, 6.45) is 1.27. The van der Waals surface area contributed by atoms with Crippen LogP contribution in [0.1, 0.15) is 26.5 Å². The summed E-state index contributed by atoms with van der Waals surface area (Å²) in [7, 11) is 1.79. The van der Waals surface area contributed by atoms with Crippen LogP contribution in [0, 0.1) is 0 Å². The van der Waals surface area contributed by atoms with Gasteiger partial charge in [0.1, 0.15) is 11.6 Å². The Balaban J connectivity index is 1.57. The fraction of sp³-hybridized carbons (Fsp3) is 0.333. The molecule has 1 N–H and O–H groups in total. The lowest BCUT2D eigenvalue weighted by molar-refractivity contribution is -0.118. The SMILES string of the molecule is Cn1nc(C(C)(C)C)cc1NC(=O)COc1ccc(-c2nnco2)cc1. The minimum atomic E-state index is -0.255. The summed E-state index contributed by atoms with van der Waals surface area (Å²) in [5.41, 5.74) is 1.61. The number of hydrogen-bond donors (Lipinski definition) is 1. The van der Waals surface area contributed by atoms with Gasteiger partial charge in [0.2, 0.25) is 12.3 Å². The smallest absolute Gasteiger partial charge is 0.263 e. The zero-order valence-electron chi connectivity index (χ0n) is 15.2. The highest BCUT2D eigenvalue weighted by molar-refractivity contribution is 5.91. The Kier molecular flexibility index (Phi) is 4.75. The highest BCUT2D eigenvalue weighted by atomic mass is 16.5. The van der Waals surface area contributed by atoms with Crippen LogP contribution >= 0.6 is 0 Å². The molecule has 2 aromatic heterocycles. The molecule has 8 heteroatoms. The van der Waals surface area contributed by atoms with Crippen molar-refractivity contribution in [1.82, 2.24) is 20.0 Å². The molecule has 1 aromatic carbocycles. The van der Waals surface area contributed by atoms with Gasteiger partial charge in [-0.15, -0.1) is 10.2 Å². The van der Waals surface area contributed by atoms with Gasteiger partial charge in [0, 0.05) is 24.1 Å². The zero-order chi connectivity index (χ0) is 18.7. The lowest BCUT2D eigenvalue weighted by atomic mass is 9.92. The van der Waals surface area contributed by atoms with E-state index in [0.717, 1.165) is 11.3 Å². The summed E-state index contributed by atoms with van der Waals surface area (Å²) < 4.78 is 12.3. The van der Waals surface area contributed by atoms with E-state index in [4.69, 9.17) is 9.15 Å². The quantitative estimate of drug-likeness (QED) is 0.756. The molecule has 0 radical (unpaired) electrons. The molecule has 1 amide bonds. The molecule has 26 heavy (non-hydrogen) atoms. The molecule has 0 spiro atoms. The Bertz CT molecular complexity index is 877. The maximum atomic E-state index is 12.1. The molecule has 2 heterocycles. The lowest BCUT2D eigenvalue weighted by Crippen LogP contribution is -2.21. The van der Waals surface area contributed by atoms with Crippen molar-refractivity contribution < 1.29 is 13.9 Å². The van der Waals surface area contributed by atoms with Gasteiger partial charge in [-0.05, 0) is 24.3 Å². The monoisotopic (exact) mass is 355 g/mol. The Morgan fingerprint density at radius 1 is 1.27 bits per heavy atom. The minimum absolute atomic E-state index is 0.0860. The first-order chi connectivity index (χ1) is 12.3. The molecule has 0 saturated carbocycles. The van der Waals surface area contributed by atoms with E-state index in [9.17, 15) is 4.79 Å². The summed E-state index contributed by atoms with van der Waals surface area (Å²) in [5, 5.41) is 14.7. The van der Waals surface area contributed by atoms with Gasteiger partial charge in [-0.3, -0.25) is 9.48 Å². The van der Waals surface area contributed by atoms with Gasteiger partial charge < -0.3 is 14.5 Å². The molecule has 3 rings (SSSR count). The number of carbonyl (C=O) groups excluding carboxylic acids is 1. The Morgan fingerprint density at radius 2 is 2.00 bits per heavy atom. The van der Waals surface area contributed by atoms with Gasteiger partial charge in [0.05, 0.1) is 5.69 Å². The van der Waals surface area contributed by atoms with Crippen molar-refractivity contribution in [3.63, 3.8) is 0 Å². The maximum absolute atomic E-state index is 12.1. The second-order valence-corrected chi connectivity index (χ2v) is 6.89. The molecule has 136 valence electrons. The van der Waals surface area contributed by atoms with E-state index in [1.165, 1.54) is 6.39 Å². The number of nitrogens with zero attached hydrogens (tertiary/aromatic N) is 4. The van der Waals surface area contributed by atoms with Gasteiger partial charge in [-0.25, -0.2) is 0 Å². The molecule has 3 aromatic rings. The number of aromatic nitrogens is 4. The fourth-order valence-corrected chi connectivity index (χ4v) is 2.27. The molecular weight excluding hydrogens is 334 g/mol. The molecular formula is C18H21N5O3. The van der Waals surface area contributed by atoms with Crippen molar-refractivity contribution >= 4 is 11.7 Å². The van der Waals surface area contributed by atoms with Crippen LogP contribution in [0.5, 0.6) is 5.75 Å². The van der Waals surface area contributed by atoms with E-state index in [0.29, 0.717) is 17.5 Å². The van der Waals surface area contributed by atoms with E-state index in [2.05, 4.69) is 41.4 Å². The first-order valence-electron chi connectivity index (χ1n) is 8.17. The third-order valence-electron chi connectivity index (χ3n) is 3.75.